The summed E-state index contributed by atoms with van der Waals surface area (Å²) in [6.45, 7) is 4.44. The van der Waals surface area contributed by atoms with Crippen LogP contribution in [0.3, 0.4) is 0 Å². The summed E-state index contributed by atoms with van der Waals surface area (Å²) < 4.78 is 5.08. The largest absolute Gasteiger partial charge is 0.423 e. The maximum Gasteiger partial charge on any atom is 0.326 e. The molecular formula is C4H13Cl3OSi2. The van der Waals surface area contributed by atoms with E-state index >= 15 is 0 Å². The fourth-order valence-electron chi connectivity index (χ4n) is 0. The highest BCUT2D eigenvalue weighted by Crippen LogP contribution is 2.01. The van der Waals surface area contributed by atoms with E-state index in [0.29, 0.717) is 0 Å². The van der Waals surface area contributed by atoms with Crippen molar-refractivity contribution < 1.29 is 4.43 Å². The first-order chi connectivity index (χ1) is 4.29. The first kappa shape index (κ1) is 13.8. The average Bonchev–Trinajstić information content (AvgIpc) is 1.63. The minimum Gasteiger partial charge on any atom is -0.423 e. The summed E-state index contributed by atoms with van der Waals surface area (Å²) in [6, 6.07) is 0. The molecule has 0 saturated heterocycles. The van der Waals surface area contributed by atoms with Gasteiger partial charge in [-0.05, 0) is 20.8 Å². The highest BCUT2D eigenvalue weighted by atomic mass is 35.8. The van der Waals surface area contributed by atoms with Gasteiger partial charge in [0.15, 0.2) is 0 Å². The fourth-order valence-corrected chi connectivity index (χ4v) is 0. The summed E-state index contributed by atoms with van der Waals surface area (Å²) in [7, 11) is 0.848. The minimum atomic E-state index is -1.72. The molecule has 0 aromatic rings. The van der Waals surface area contributed by atoms with Gasteiger partial charge in [-0.1, -0.05) is 0 Å². The predicted octanol–water partition coefficient (Wildman–Crippen LogP) is 1.50. The molecular weight excluding hydrogens is 227 g/mol. The van der Waals surface area contributed by atoms with Gasteiger partial charge in [0.05, 0.1) is 0 Å². The molecule has 0 amide bonds. The van der Waals surface area contributed by atoms with Crippen LogP contribution in [0.5, 0.6) is 0 Å². The Bertz CT molecular complexity index is 70.6. The molecule has 0 bridgehead atoms. The van der Waals surface area contributed by atoms with Crippen molar-refractivity contribution in [2.24, 2.45) is 0 Å². The zero-order valence-corrected chi connectivity index (χ0v) is 12.0. The van der Waals surface area contributed by atoms with Gasteiger partial charge < -0.3 is 4.43 Å². The van der Waals surface area contributed by atoms with Crippen molar-refractivity contribution in [2.75, 3.05) is 0 Å². The molecule has 0 radical (unpaired) electrons. The van der Waals surface area contributed by atoms with Crippen LogP contribution >= 0.6 is 33.2 Å². The molecule has 0 heterocycles. The summed E-state index contributed by atoms with van der Waals surface area (Å²) in [5.74, 6) is 0. The lowest BCUT2D eigenvalue weighted by molar-refractivity contribution is 0.147. The van der Waals surface area contributed by atoms with Crippen molar-refractivity contribution in [1.82, 2.24) is 0 Å². The molecule has 64 valence electrons. The van der Waals surface area contributed by atoms with Crippen LogP contribution in [0.15, 0.2) is 0 Å². The lowest BCUT2D eigenvalue weighted by Crippen LogP contribution is -2.16. The first-order valence-electron chi connectivity index (χ1n) is 2.77. The van der Waals surface area contributed by atoms with Gasteiger partial charge in [-0.15, -0.1) is 33.2 Å². The van der Waals surface area contributed by atoms with Crippen molar-refractivity contribution in [2.45, 2.75) is 26.4 Å². The van der Waals surface area contributed by atoms with Gasteiger partial charge >= 0.3 is 6.73 Å². The topological polar surface area (TPSA) is 9.23 Å². The van der Waals surface area contributed by atoms with E-state index in [2.05, 4.69) is 20.8 Å². The average molecular weight is 240 g/mol. The second kappa shape index (κ2) is 6.94. The normalized spacial score (nSPS) is 11.1. The van der Waals surface area contributed by atoms with Crippen LogP contribution in [0.25, 0.3) is 0 Å². The summed E-state index contributed by atoms with van der Waals surface area (Å²) in [6.07, 6.45) is 0. The molecule has 0 unspecified atom stereocenters. The van der Waals surface area contributed by atoms with Crippen LogP contribution in [0.1, 0.15) is 20.8 Å². The Hall–Kier alpha value is 1.26. The van der Waals surface area contributed by atoms with Crippen LogP contribution < -0.4 is 0 Å². The van der Waals surface area contributed by atoms with Crippen molar-refractivity contribution in [1.29, 1.82) is 0 Å². The third kappa shape index (κ3) is 34.8. The maximum atomic E-state index is 5.08. The third-order valence-corrected chi connectivity index (χ3v) is 1.84. The molecule has 1 nitrogen and oxygen atoms in total. The lowest BCUT2D eigenvalue weighted by Gasteiger charge is -2.15. The van der Waals surface area contributed by atoms with E-state index in [-0.39, 0.29) is 5.60 Å². The van der Waals surface area contributed by atoms with Gasteiger partial charge in [0.1, 0.15) is 10.5 Å². The molecule has 0 aromatic carbocycles. The molecule has 10 heavy (non-hydrogen) atoms. The number of hydrogen-bond acceptors (Lipinski definition) is 1. The quantitative estimate of drug-likeness (QED) is 0.460. The summed E-state index contributed by atoms with van der Waals surface area (Å²) in [5.41, 5.74) is 0.103. The van der Waals surface area contributed by atoms with Gasteiger partial charge in [0.2, 0.25) is 0 Å². The van der Waals surface area contributed by atoms with E-state index in [0.717, 1.165) is 10.5 Å². The fraction of sp³-hybridized carbons (Fsp3) is 1.00. The Labute approximate surface area is 81.3 Å². The smallest absolute Gasteiger partial charge is 0.326 e. The summed E-state index contributed by atoms with van der Waals surface area (Å²) >= 11 is 14.8. The lowest BCUT2D eigenvalue weighted by atomic mass is 10.2. The third-order valence-electron chi connectivity index (χ3n) is 0.612. The molecule has 0 aromatic heterocycles. The standard InChI is InChI=1S/C4H12OSi.Cl3HSi/c1-4(2,3)5-6;1-4(2)3/h1-3,6H3;4H. The van der Waals surface area contributed by atoms with E-state index in [1.165, 1.54) is 0 Å². The van der Waals surface area contributed by atoms with Crippen LogP contribution in [-0.4, -0.2) is 22.8 Å². The minimum absolute atomic E-state index is 0.103. The van der Waals surface area contributed by atoms with Crippen molar-refractivity contribution in [3.05, 3.63) is 0 Å². The van der Waals surface area contributed by atoms with Gasteiger partial charge in [0.25, 0.3) is 0 Å². The van der Waals surface area contributed by atoms with E-state index < -0.39 is 6.73 Å². The van der Waals surface area contributed by atoms with E-state index in [4.69, 9.17) is 37.7 Å². The SMILES string of the molecule is CC(C)(C)O[SiH3].Cl[SiH](Cl)Cl. The Morgan fingerprint density at radius 1 is 1.20 bits per heavy atom. The van der Waals surface area contributed by atoms with Gasteiger partial charge in [-0.2, -0.15) is 0 Å². The molecule has 0 spiro atoms. The van der Waals surface area contributed by atoms with E-state index in [1.54, 1.807) is 0 Å². The molecule has 0 saturated carbocycles. The Kier molecular flexibility index (Phi) is 9.60. The van der Waals surface area contributed by atoms with Gasteiger partial charge in [-0.25, -0.2) is 0 Å². The van der Waals surface area contributed by atoms with Crippen LogP contribution in [-0.2, 0) is 4.43 Å². The zero-order valence-electron chi connectivity index (χ0n) is 6.62. The molecule has 6 heteroatoms. The Morgan fingerprint density at radius 3 is 1.30 bits per heavy atom. The van der Waals surface area contributed by atoms with Crippen LogP contribution in [0.4, 0.5) is 0 Å². The number of rotatable bonds is 0. The molecule has 0 atom stereocenters. The van der Waals surface area contributed by atoms with E-state index in [1.807, 2.05) is 0 Å². The molecule has 0 aliphatic carbocycles. The molecule has 0 rings (SSSR count). The van der Waals surface area contributed by atoms with Gasteiger partial charge in [0, 0.05) is 5.60 Å². The van der Waals surface area contributed by atoms with Crippen molar-refractivity contribution in [3.63, 3.8) is 0 Å². The Balaban J connectivity index is 0. The summed E-state index contributed by atoms with van der Waals surface area (Å²) in [5, 5.41) is 0. The van der Waals surface area contributed by atoms with Gasteiger partial charge in [-0.3, -0.25) is 0 Å². The van der Waals surface area contributed by atoms with Crippen molar-refractivity contribution in [3.8, 4) is 0 Å². The summed E-state index contributed by atoms with van der Waals surface area (Å²) in [4.78, 5) is 0. The number of halogens is 3. The molecule has 0 aliphatic heterocycles. The molecule has 0 fully saturated rings. The second-order valence-electron chi connectivity index (χ2n) is 2.56. The molecule has 0 aliphatic rings. The van der Waals surface area contributed by atoms with Crippen molar-refractivity contribution >= 4 is 50.4 Å². The second-order valence-corrected chi connectivity index (χ2v) is 9.41. The van der Waals surface area contributed by atoms with Crippen LogP contribution in [0, 0.1) is 0 Å². The Morgan fingerprint density at radius 2 is 1.30 bits per heavy atom. The van der Waals surface area contributed by atoms with Crippen LogP contribution in [0.2, 0.25) is 0 Å². The zero-order chi connectivity index (χ0) is 8.78. The monoisotopic (exact) mass is 238 g/mol. The number of hydrogen-bond donors (Lipinski definition) is 0. The molecule has 0 N–H and O–H groups in total. The highest BCUT2D eigenvalue weighted by molar-refractivity contribution is 7.54. The predicted molar refractivity (Wildman–Crippen MR) is 55.5 cm³/mol. The van der Waals surface area contributed by atoms with E-state index in [9.17, 15) is 0 Å². The maximum absolute atomic E-state index is 5.08. The highest BCUT2D eigenvalue weighted by Gasteiger charge is 2.03. The first-order valence-corrected chi connectivity index (χ1v) is 8.82.